The lowest BCUT2D eigenvalue weighted by molar-refractivity contribution is -0.140. The van der Waals surface area contributed by atoms with Crippen LogP contribution in [0, 0.1) is 0 Å². The number of nitrogens with one attached hydrogen (secondary N) is 2. The molecule has 0 saturated heterocycles. The summed E-state index contributed by atoms with van der Waals surface area (Å²) in [5.74, 6) is 0.0709. The fourth-order valence-corrected chi connectivity index (χ4v) is 4.56. The molecule has 2 aromatic carbocycles. The van der Waals surface area contributed by atoms with Crippen molar-refractivity contribution in [2.45, 2.75) is 57.2 Å². The Hall–Kier alpha value is -2.82. The second-order valence-electron chi connectivity index (χ2n) is 8.18. The van der Waals surface area contributed by atoms with E-state index < -0.39 is 5.54 Å². The summed E-state index contributed by atoms with van der Waals surface area (Å²) in [6.07, 6.45) is 5.35. The molecule has 0 atom stereocenters. The van der Waals surface area contributed by atoms with Crippen molar-refractivity contribution >= 4 is 11.9 Å². The number of hydrogen-bond acceptors (Lipinski definition) is 2. The van der Waals surface area contributed by atoms with Crippen LogP contribution in [-0.4, -0.2) is 28.9 Å². The summed E-state index contributed by atoms with van der Waals surface area (Å²) in [6, 6.07) is 17.9. The Kier molecular flexibility index (Phi) is 5.84. The number of hydrogen-bond donors (Lipinski definition) is 2. The molecular weight excluding hydrogens is 362 g/mol. The number of benzene rings is 2. The molecule has 29 heavy (non-hydrogen) atoms. The Labute approximate surface area is 172 Å². The second-order valence-corrected chi connectivity index (χ2v) is 8.18. The van der Waals surface area contributed by atoms with Crippen LogP contribution < -0.4 is 10.6 Å². The van der Waals surface area contributed by atoms with Crippen molar-refractivity contribution in [3.05, 3.63) is 71.3 Å². The molecule has 1 saturated carbocycles. The molecule has 1 aliphatic carbocycles. The van der Waals surface area contributed by atoms with Crippen LogP contribution >= 0.6 is 0 Å². The van der Waals surface area contributed by atoms with E-state index in [2.05, 4.69) is 28.8 Å². The molecular formula is C24H29N3O2. The van der Waals surface area contributed by atoms with Gasteiger partial charge in [0.05, 0.1) is 0 Å². The predicted molar refractivity (Wildman–Crippen MR) is 113 cm³/mol. The third-order valence-corrected chi connectivity index (χ3v) is 6.18. The van der Waals surface area contributed by atoms with Crippen molar-refractivity contribution in [1.29, 1.82) is 0 Å². The van der Waals surface area contributed by atoms with Gasteiger partial charge in [0.25, 0.3) is 0 Å². The molecule has 3 amide bonds. The molecule has 1 aliphatic heterocycles. The van der Waals surface area contributed by atoms with Crippen LogP contribution in [0.5, 0.6) is 0 Å². The summed E-state index contributed by atoms with van der Waals surface area (Å²) < 4.78 is 0. The van der Waals surface area contributed by atoms with Crippen molar-refractivity contribution in [2.24, 2.45) is 0 Å². The molecule has 0 unspecified atom stereocenters. The minimum Gasteiger partial charge on any atom is -0.336 e. The Morgan fingerprint density at radius 3 is 2.34 bits per heavy atom. The highest BCUT2D eigenvalue weighted by Gasteiger charge is 2.43. The number of carbonyl (C=O) groups is 2. The van der Waals surface area contributed by atoms with Gasteiger partial charge in [-0.05, 0) is 36.0 Å². The van der Waals surface area contributed by atoms with Crippen LogP contribution in [0.15, 0.2) is 54.6 Å². The summed E-state index contributed by atoms with van der Waals surface area (Å²) in [5.41, 5.74) is 2.79. The third kappa shape index (κ3) is 4.44. The minimum absolute atomic E-state index is 0.0709. The molecule has 2 N–H and O–H groups in total. The molecule has 1 fully saturated rings. The zero-order chi connectivity index (χ0) is 20.1. The summed E-state index contributed by atoms with van der Waals surface area (Å²) in [6.45, 7) is 1.79. The van der Waals surface area contributed by atoms with E-state index >= 15 is 0 Å². The van der Waals surface area contributed by atoms with Gasteiger partial charge in [-0.1, -0.05) is 73.9 Å². The second kappa shape index (κ2) is 8.68. The highest BCUT2D eigenvalue weighted by atomic mass is 16.2. The van der Waals surface area contributed by atoms with E-state index in [1.165, 1.54) is 11.1 Å². The Balaban J connectivity index is 1.45. The van der Waals surface area contributed by atoms with Gasteiger partial charge in [-0.15, -0.1) is 0 Å². The third-order valence-electron chi connectivity index (χ3n) is 6.18. The number of amides is 3. The van der Waals surface area contributed by atoms with E-state index in [0.717, 1.165) is 31.2 Å². The smallest absolute Gasteiger partial charge is 0.315 e. The molecule has 5 heteroatoms. The summed E-state index contributed by atoms with van der Waals surface area (Å²) in [4.78, 5) is 28.2. The van der Waals surface area contributed by atoms with Crippen molar-refractivity contribution in [3.8, 4) is 0 Å². The molecule has 152 valence electrons. The van der Waals surface area contributed by atoms with Gasteiger partial charge in [0.15, 0.2) is 0 Å². The van der Waals surface area contributed by atoms with Crippen molar-refractivity contribution in [3.63, 3.8) is 0 Å². The van der Waals surface area contributed by atoms with Gasteiger partial charge < -0.3 is 15.5 Å². The van der Waals surface area contributed by atoms with Gasteiger partial charge in [-0.3, -0.25) is 4.79 Å². The Bertz CT molecular complexity index is 859. The molecule has 0 radical (unpaired) electrons. The number of carbonyl (C=O) groups excluding carboxylic acids is 2. The maximum atomic E-state index is 13.6. The lowest BCUT2D eigenvalue weighted by Gasteiger charge is -2.41. The fraction of sp³-hybridized carbons (Fsp3) is 0.417. The number of nitrogens with zero attached hydrogens (tertiary/aromatic N) is 1. The van der Waals surface area contributed by atoms with Crippen molar-refractivity contribution in [1.82, 2.24) is 15.5 Å². The van der Waals surface area contributed by atoms with Gasteiger partial charge in [0.1, 0.15) is 5.54 Å². The fourth-order valence-electron chi connectivity index (χ4n) is 4.56. The summed E-state index contributed by atoms with van der Waals surface area (Å²) in [5, 5.41) is 6.01. The normalized spacial score (nSPS) is 17.9. The summed E-state index contributed by atoms with van der Waals surface area (Å²) in [7, 11) is 0. The van der Waals surface area contributed by atoms with E-state index in [-0.39, 0.29) is 11.9 Å². The van der Waals surface area contributed by atoms with Crippen molar-refractivity contribution < 1.29 is 9.59 Å². The van der Waals surface area contributed by atoms with Crippen LogP contribution in [-0.2, 0) is 24.3 Å². The van der Waals surface area contributed by atoms with Gasteiger partial charge in [-0.2, -0.15) is 0 Å². The predicted octanol–water partition coefficient (Wildman–Crippen LogP) is 3.77. The maximum Gasteiger partial charge on any atom is 0.315 e. The largest absolute Gasteiger partial charge is 0.336 e. The van der Waals surface area contributed by atoms with E-state index in [1.54, 1.807) is 0 Å². The minimum atomic E-state index is -0.786. The van der Waals surface area contributed by atoms with Crippen LogP contribution in [0.3, 0.4) is 0 Å². The van der Waals surface area contributed by atoms with Gasteiger partial charge in [-0.25, -0.2) is 4.79 Å². The first kappa shape index (κ1) is 19.5. The first-order chi connectivity index (χ1) is 14.2. The lowest BCUT2D eigenvalue weighted by atomic mass is 9.80. The summed E-state index contributed by atoms with van der Waals surface area (Å²) >= 11 is 0. The van der Waals surface area contributed by atoms with Crippen LogP contribution in [0.25, 0.3) is 0 Å². The average molecular weight is 392 g/mol. The maximum absolute atomic E-state index is 13.6. The van der Waals surface area contributed by atoms with Crippen LogP contribution in [0.4, 0.5) is 4.79 Å². The van der Waals surface area contributed by atoms with Crippen LogP contribution in [0.2, 0.25) is 0 Å². The Morgan fingerprint density at radius 1 is 0.897 bits per heavy atom. The molecule has 4 rings (SSSR count). The lowest BCUT2D eigenvalue weighted by Crippen LogP contribution is -2.62. The van der Waals surface area contributed by atoms with Gasteiger partial charge >= 0.3 is 6.03 Å². The number of fused-ring (bicyclic) bond motifs is 1. The highest BCUT2D eigenvalue weighted by molar-refractivity contribution is 5.91. The highest BCUT2D eigenvalue weighted by Crippen LogP contribution is 2.32. The zero-order valence-corrected chi connectivity index (χ0v) is 16.8. The van der Waals surface area contributed by atoms with Crippen molar-refractivity contribution in [2.75, 3.05) is 6.54 Å². The topological polar surface area (TPSA) is 61.4 Å². The van der Waals surface area contributed by atoms with E-state index in [1.807, 2.05) is 41.3 Å². The molecule has 2 aliphatic rings. The molecule has 2 aromatic rings. The SMILES string of the molecule is O=C(NCc1ccccc1)NC1(C(=O)N2CCc3ccccc3C2)CCCCC1. The van der Waals surface area contributed by atoms with E-state index in [4.69, 9.17) is 0 Å². The molecule has 0 aromatic heterocycles. The van der Waals surface area contributed by atoms with Gasteiger partial charge in [0.2, 0.25) is 5.91 Å². The first-order valence-corrected chi connectivity index (χ1v) is 10.6. The zero-order valence-electron chi connectivity index (χ0n) is 16.8. The molecule has 0 spiro atoms. The van der Waals surface area contributed by atoms with Crippen LogP contribution in [0.1, 0.15) is 48.8 Å². The molecule has 5 nitrogen and oxygen atoms in total. The standard InChI is InChI=1S/C24H29N3O2/c28-22(27-16-13-20-11-5-6-12-21(20)18-27)24(14-7-2-8-15-24)26-23(29)25-17-19-9-3-1-4-10-19/h1,3-6,9-12H,2,7-8,13-18H2,(H2,25,26,29). The molecule has 0 bridgehead atoms. The number of rotatable bonds is 4. The monoisotopic (exact) mass is 391 g/mol. The average Bonchev–Trinajstić information content (AvgIpc) is 2.78. The quantitative estimate of drug-likeness (QED) is 0.833. The number of urea groups is 1. The first-order valence-electron chi connectivity index (χ1n) is 10.6. The Morgan fingerprint density at radius 2 is 1.59 bits per heavy atom. The van der Waals surface area contributed by atoms with E-state index in [9.17, 15) is 9.59 Å². The molecule has 1 heterocycles. The van der Waals surface area contributed by atoms with E-state index in [0.29, 0.717) is 32.5 Å². The van der Waals surface area contributed by atoms with Gasteiger partial charge in [0, 0.05) is 19.6 Å².